The van der Waals surface area contributed by atoms with Crippen LogP contribution in [0.3, 0.4) is 0 Å². The number of ether oxygens (including phenoxy) is 2. The maximum Gasteiger partial charge on any atom is 0.335 e. The highest BCUT2D eigenvalue weighted by Gasteiger charge is 2.14. The Morgan fingerprint density at radius 2 is 1.89 bits per heavy atom. The van der Waals surface area contributed by atoms with Gasteiger partial charge in [-0.3, -0.25) is 0 Å². The fourth-order valence-corrected chi connectivity index (χ4v) is 2.18. The molecule has 1 rings (SSSR count). The third-order valence-electron chi connectivity index (χ3n) is 2.05. The monoisotopic (exact) mass is 266 g/mol. The second-order valence-electron chi connectivity index (χ2n) is 3.89. The minimum atomic E-state index is -0.583. The highest BCUT2D eigenvalue weighted by molar-refractivity contribution is 7.99. The molecule has 1 aromatic carbocycles. The first-order valence-corrected chi connectivity index (χ1v) is 6.60. The summed E-state index contributed by atoms with van der Waals surface area (Å²) in [6, 6.07) is 9.93. The van der Waals surface area contributed by atoms with Crippen molar-refractivity contribution in [2.24, 2.45) is 0 Å². The van der Waals surface area contributed by atoms with Gasteiger partial charge in [0.25, 0.3) is 0 Å². The zero-order chi connectivity index (χ0) is 13.5. The summed E-state index contributed by atoms with van der Waals surface area (Å²) in [5.74, 6) is -0.431. The first kappa shape index (κ1) is 14.8. The van der Waals surface area contributed by atoms with Crippen LogP contribution in [0.15, 0.2) is 47.4 Å². The molecule has 0 aromatic heterocycles. The SMILES string of the molecule is C=C(C)C(=O)OC(C)OC(C)Sc1ccccc1. The van der Waals surface area contributed by atoms with Gasteiger partial charge in [-0.25, -0.2) is 4.79 Å². The van der Waals surface area contributed by atoms with Crippen molar-refractivity contribution in [3.63, 3.8) is 0 Å². The quantitative estimate of drug-likeness (QED) is 0.341. The molecule has 98 valence electrons. The van der Waals surface area contributed by atoms with Gasteiger partial charge in [-0.05, 0) is 32.9 Å². The van der Waals surface area contributed by atoms with Crippen LogP contribution in [0.25, 0.3) is 0 Å². The highest BCUT2D eigenvalue weighted by Crippen LogP contribution is 2.24. The fourth-order valence-electron chi connectivity index (χ4n) is 1.27. The van der Waals surface area contributed by atoms with Crippen LogP contribution >= 0.6 is 11.8 Å². The molecule has 0 fully saturated rings. The Morgan fingerprint density at radius 3 is 2.44 bits per heavy atom. The minimum absolute atomic E-state index is 0.0969. The van der Waals surface area contributed by atoms with Gasteiger partial charge in [0.1, 0.15) is 5.44 Å². The Balaban J connectivity index is 2.38. The summed E-state index contributed by atoms with van der Waals surface area (Å²) >= 11 is 1.57. The Hall–Kier alpha value is -1.26. The van der Waals surface area contributed by atoms with E-state index in [1.54, 1.807) is 25.6 Å². The molecule has 0 N–H and O–H groups in total. The van der Waals surface area contributed by atoms with Gasteiger partial charge < -0.3 is 9.47 Å². The second kappa shape index (κ2) is 7.24. The van der Waals surface area contributed by atoms with E-state index in [1.807, 2.05) is 37.3 Å². The molecule has 0 radical (unpaired) electrons. The van der Waals surface area contributed by atoms with Crippen molar-refractivity contribution in [1.82, 2.24) is 0 Å². The molecule has 4 heteroatoms. The zero-order valence-electron chi connectivity index (χ0n) is 10.9. The van der Waals surface area contributed by atoms with Gasteiger partial charge in [0.05, 0.1) is 0 Å². The minimum Gasteiger partial charge on any atom is -0.433 e. The Kier molecular flexibility index (Phi) is 5.95. The summed E-state index contributed by atoms with van der Waals surface area (Å²) in [5.41, 5.74) is 0.272. The molecular weight excluding hydrogens is 248 g/mol. The Bertz CT molecular complexity index is 403. The molecule has 0 aliphatic heterocycles. The maximum atomic E-state index is 11.3. The molecule has 1 aromatic rings. The summed E-state index contributed by atoms with van der Waals surface area (Å²) < 4.78 is 10.6. The van der Waals surface area contributed by atoms with E-state index in [2.05, 4.69) is 6.58 Å². The van der Waals surface area contributed by atoms with Crippen LogP contribution in [0.5, 0.6) is 0 Å². The van der Waals surface area contributed by atoms with Gasteiger partial charge in [-0.1, -0.05) is 36.5 Å². The molecule has 0 saturated heterocycles. The van der Waals surface area contributed by atoms with Gasteiger partial charge in [0.15, 0.2) is 0 Å². The molecule has 2 atom stereocenters. The van der Waals surface area contributed by atoms with Crippen molar-refractivity contribution < 1.29 is 14.3 Å². The molecule has 3 nitrogen and oxygen atoms in total. The molecule has 0 spiro atoms. The van der Waals surface area contributed by atoms with Crippen molar-refractivity contribution in [2.75, 3.05) is 0 Å². The lowest BCUT2D eigenvalue weighted by atomic mass is 10.4. The lowest BCUT2D eigenvalue weighted by Crippen LogP contribution is -2.21. The molecule has 0 aliphatic rings. The van der Waals surface area contributed by atoms with E-state index in [-0.39, 0.29) is 5.44 Å². The number of esters is 1. The number of hydrogen-bond donors (Lipinski definition) is 0. The third-order valence-corrected chi connectivity index (χ3v) is 3.04. The van der Waals surface area contributed by atoms with Crippen LogP contribution in [-0.4, -0.2) is 17.7 Å². The Morgan fingerprint density at radius 1 is 1.28 bits per heavy atom. The van der Waals surface area contributed by atoms with E-state index < -0.39 is 12.3 Å². The maximum absolute atomic E-state index is 11.3. The van der Waals surface area contributed by atoms with Gasteiger partial charge in [-0.2, -0.15) is 0 Å². The van der Waals surface area contributed by atoms with Crippen molar-refractivity contribution in [2.45, 2.75) is 37.4 Å². The molecule has 0 amide bonds. The predicted molar refractivity (Wildman–Crippen MR) is 73.2 cm³/mol. The standard InChI is InChI=1S/C14H18O3S/c1-10(2)14(15)17-11(3)16-12(4)18-13-8-6-5-7-9-13/h5-9,11-12H,1H2,2-4H3. The summed E-state index contributed by atoms with van der Waals surface area (Å²) in [6.45, 7) is 8.74. The number of benzene rings is 1. The van der Waals surface area contributed by atoms with E-state index in [1.165, 1.54) is 0 Å². The van der Waals surface area contributed by atoms with E-state index in [4.69, 9.17) is 9.47 Å². The summed E-state index contributed by atoms with van der Waals surface area (Å²) in [4.78, 5) is 12.4. The van der Waals surface area contributed by atoms with Crippen molar-refractivity contribution in [3.8, 4) is 0 Å². The number of rotatable bonds is 6. The highest BCUT2D eigenvalue weighted by atomic mass is 32.2. The molecule has 2 unspecified atom stereocenters. The van der Waals surface area contributed by atoms with Crippen molar-refractivity contribution in [3.05, 3.63) is 42.5 Å². The van der Waals surface area contributed by atoms with Crippen molar-refractivity contribution >= 4 is 17.7 Å². The van der Waals surface area contributed by atoms with Crippen molar-refractivity contribution in [1.29, 1.82) is 0 Å². The average Bonchev–Trinajstić information content (AvgIpc) is 2.29. The predicted octanol–water partition coefficient (Wildman–Crippen LogP) is 3.61. The normalized spacial score (nSPS) is 13.7. The van der Waals surface area contributed by atoms with Gasteiger partial charge in [0.2, 0.25) is 6.29 Å². The van der Waals surface area contributed by atoms with E-state index in [9.17, 15) is 4.79 Å². The third kappa shape index (κ3) is 5.38. The number of hydrogen-bond acceptors (Lipinski definition) is 4. The number of carbonyl (C=O) groups is 1. The average molecular weight is 266 g/mol. The lowest BCUT2D eigenvalue weighted by Gasteiger charge is -2.19. The largest absolute Gasteiger partial charge is 0.433 e. The van der Waals surface area contributed by atoms with Crippen LogP contribution in [0.1, 0.15) is 20.8 Å². The number of thioether (sulfide) groups is 1. The van der Waals surface area contributed by atoms with Crippen LogP contribution in [0, 0.1) is 0 Å². The van der Waals surface area contributed by atoms with Crippen LogP contribution in [0.2, 0.25) is 0 Å². The zero-order valence-corrected chi connectivity index (χ0v) is 11.7. The van der Waals surface area contributed by atoms with E-state index in [0.717, 1.165) is 4.90 Å². The van der Waals surface area contributed by atoms with Gasteiger partial charge in [-0.15, -0.1) is 0 Å². The van der Waals surface area contributed by atoms with E-state index >= 15 is 0 Å². The molecule has 0 heterocycles. The molecule has 0 aliphatic carbocycles. The molecule has 0 bridgehead atoms. The van der Waals surface area contributed by atoms with Crippen LogP contribution in [-0.2, 0) is 14.3 Å². The molecule has 0 saturated carbocycles. The number of carbonyl (C=O) groups excluding carboxylic acids is 1. The first-order valence-electron chi connectivity index (χ1n) is 5.72. The van der Waals surface area contributed by atoms with Gasteiger partial charge in [0, 0.05) is 10.5 Å². The van der Waals surface area contributed by atoms with Crippen LogP contribution < -0.4 is 0 Å². The second-order valence-corrected chi connectivity index (χ2v) is 5.26. The summed E-state index contributed by atoms with van der Waals surface area (Å²) in [7, 11) is 0. The fraction of sp³-hybridized carbons (Fsp3) is 0.357. The van der Waals surface area contributed by atoms with E-state index in [0.29, 0.717) is 5.57 Å². The smallest absolute Gasteiger partial charge is 0.335 e. The van der Waals surface area contributed by atoms with Crippen LogP contribution in [0.4, 0.5) is 0 Å². The summed E-state index contributed by atoms with van der Waals surface area (Å²) in [5, 5.41) is 0. The lowest BCUT2D eigenvalue weighted by molar-refractivity contribution is -0.171. The topological polar surface area (TPSA) is 35.5 Å². The van der Waals surface area contributed by atoms with Gasteiger partial charge >= 0.3 is 5.97 Å². The first-order chi connectivity index (χ1) is 8.49. The summed E-state index contributed by atoms with van der Waals surface area (Å²) in [6.07, 6.45) is -0.583. The molecule has 18 heavy (non-hydrogen) atoms. The molecular formula is C14H18O3S. The Labute approximate surface area is 112 Å².